The fraction of sp³-hybridized carbons (Fsp3) is 0. The minimum absolute atomic E-state index is 0.0808. The second kappa shape index (κ2) is 5.55. The van der Waals surface area contributed by atoms with E-state index in [0.29, 0.717) is 5.75 Å². The quantitative estimate of drug-likeness (QED) is 0.624. The van der Waals surface area contributed by atoms with Crippen molar-refractivity contribution in [2.24, 2.45) is 0 Å². The average Bonchev–Trinajstić information content (AvgIpc) is 2.52. The number of halogens is 2. The fourth-order valence-corrected chi connectivity index (χ4v) is 2.52. The van der Waals surface area contributed by atoms with Gasteiger partial charge in [-0.15, -0.1) is 0 Å². The van der Waals surface area contributed by atoms with Crippen molar-refractivity contribution in [2.75, 3.05) is 0 Å². The number of rotatable bonds is 2. The van der Waals surface area contributed by atoms with Gasteiger partial charge >= 0.3 is 0 Å². The molecule has 0 bridgehead atoms. The van der Waals surface area contributed by atoms with E-state index < -0.39 is 5.82 Å². The van der Waals surface area contributed by atoms with Crippen LogP contribution in [0.5, 0.6) is 11.5 Å². The topological polar surface area (TPSA) is 33.0 Å². The van der Waals surface area contributed by atoms with Gasteiger partial charge in [-0.3, -0.25) is 0 Å². The molecule has 0 saturated carbocycles. The number of nitriles is 1. The second-order valence-corrected chi connectivity index (χ2v) is 5.22. The minimum Gasteiger partial charge on any atom is -0.454 e. The van der Waals surface area contributed by atoms with Crippen molar-refractivity contribution in [1.29, 1.82) is 5.26 Å². The van der Waals surface area contributed by atoms with Crippen molar-refractivity contribution in [2.45, 2.75) is 0 Å². The average molecular weight is 342 g/mol. The van der Waals surface area contributed by atoms with Gasteiger partial charge in [-0.1, -0.05) is 36.4 Å². The smallest absolute Gasteiger partial charge is 0.181 e. The maximum atomic E-state index is 14.2. The zero-order valence-electron chi connectivity index (χ0n) is 10.8. The van der Waals surface area contributed by atoms with Crippen LogP contribution in [-0.2, 0) is 0 Å². The molecule has 0 unspecified atom stereocenters. The van der Waals surface area contributed by atoms with Crippen molar-refractivity contribution >= 4 is 26.7 Å². The Bertz CT molecular complexity index is 865. The predicted octanol–water partition coefficient (Wildman–Crippen LogP) is 5.41. The van der Waals surface area contributed by atoms with E-state index in [1.54, 1.807) is 6.07 Å². The molecule has 0 N–H and O–H groups in total. The van der Waals surface area contributed by atoms with E-state index in [1.807, 2.05) is 42.5 Å². The number of fused-ring (bicyclic) bond motifs is 1. The van der Waals surface area contributed by atoms with E-state index in [9.17, 15) is 4.39 Å². The predicted molar refractivity (Wildman–Crippen MR) is 82.8 cm³/mol. The molecular weight excluding hydrogens is 333 g/mol. The number of benzene rings is 3. The molecule has 3 aromatic rings. The van der Waals surface area contributed by atoms with Crippen LogP contribution in [0, 0.1) is 17.1 Å². The number of ether oxygens (including phenoxy) is 1. The Morgan fingerprint density at radius 2 is 1.71 bits per heavy atom. The van der Waals surface area contributed by atoms with Gasteiger partial charge in [0.25, 0.3) is 0 Å². The van der Waals surface area contributed by atoms with Crippen molar-refractivity contribution in [3.05, 3.63) is 70.5 Å². The number of nitrogens with zero attached hydrogens (tertiary/aromatic N) is 1. The van der Waals surface area contributed by atoms with Gasteiger partial charge < -0.3 is 4.74 Å². The van der Waals surface area contributed by atoms with Crippen LogP contribution in [0.1, 0.15) is 5.56 Å². The van der Waals surface area contributed by atoms with Gasteiger partial charge in [-0.25, -0.2) is 4.39 Å². The standard InChI is InChI=1S/C17H9BrFNO/c18-16-12(10-20)8-9-15(17(16)19)21-14-7-3-5-11-4-1-2-6-13(11)14/h1-9H. The summed E-state index contributed by atoms with van der Waals surface area (Å²) < 4.78 is 20.0. The Balaban J connectivity index is 2.08. The monoisotopic (exact) mass is 341 g/mol. The summed E-state index contributed by atoms with van der Waals surface area (Å²) in [6, 6.07) is 18.2. The molecule has 0 saturated heterocycles. The number of hydrogen-bond acceptors (Lipinski definition) is 2. The first kappa shape index (κ1) is 13.6. The fourth-order valence-electron chi connectivity index (χ4n) is 2.10. The summed E-state index contributed by atoms with van der Waals surface area (Å²) in [4.78, 5) is 0. The molecule has 0 aliphatic heterocycles. The first-order valence-electron chi connectivity index (χ1n) is 6.24. The summed E-state index contributed by atoms with van der Waals surface area (Å²) in [6.07, 6.45) is 0. The van der Waals surface area contributed by atoms with Crippen LogP contribution in [0.2, 0.25) is 0 Å². The number of hydrogen-bond donors (Lipinski definition) is 0. The molecule has 0 fully saturated rings. The first-order chi connectivity index (χ1) is 10.2. The van der Waals surface area contributed by atoms with Gasteiger partial charge in [-0.05, 0) is 39.5 Å². The minimum atomic E-state index is -0.581. The molecular formula is C17H9BrFNO. The Morgan fingerprint density at radius 3 is 2.52 bits per heavy atom. The third-order valence-electron chi connectivity index (χ3n) is 3.14. The molecule has 0 spiro atoms. The van der Waals surface area contributed by atoms with Crippen LogP contribution < -0.4 is 4.74 Å². The van der Waals surface area contributed by atoms with Gasteiger partial charge in [0.15, 0.2) is 11.6 Å². The molecule has 4 heteroatoms. The largest absolute Gasteiger partial charge is 0.454 e. The van der Waals surface area contributed by atoms with Gasteiger partial charge in [-0.2, -0.15) is 5.26 Å². The van der Waals surface area contributed by atoms with Crippen LogP contribution in [0.4, 0.5) is 4.39 Å². The molecule has 0 atom stereocenters. The highest BCUT2D eigenvalue weighted by molar-refractivity contribution is 9.10. The Labute approximate surface area is 129 Å². The van der Waals surface area contributed by atoms with E-state index in [4.69, 9.17) is 10.00 Å². The molecule has 0 amide bonds. The SMILES string of the molecule is N#Cc1ccc(Oc2cccc3ccccc23)c(F)c1Br. The van der Waals surface area contributed by atoms with Gasteiger partial charge in [0.05, 0.1) is 10.0 Å². The van der Waals surface area contributed by atoms with Crippen LogP contribution in [0.3, 0.4) is 0 Å². The van der Waals surface area contributed by atoms with Crippen molar-refractivity contribution in [1.82, 2.24) is 0 Å². The lowest BCUT2D eigenvalue weighted by atomic mass is 10.1. The van der Waals surface area contributed by atoms with E-state index in [2.05, 4.69) is 15.9 Å². The van der Waals surface area contributed by atoms with Gasteiger partial charge in [0.1, 0.15) is 11.8 Å². The normalized spacial score (nSPS) is 10.3. The van der Waals surface area contributed by atoms with Gasteiger partial charge in [0, 0.05) is 5.39 Å². The summed E-state index contributed by atoms with van der Waals surface area (Å²) in [5.74, 6) is 0.0721. The zero-order chi connectivity index (χ0) is 14.8. The lowest BCUT2D eigenvalue weighted by Gasteiger charge is -2.10. The van der Waals surface area contributed by atoms with E-state index in [-0.39, 0.29) is 15.8 Å². The molecule has 21 heavy (non-hydrogen) atoms. The molecule has 0 aliphatic carbocycles. The van der Waals surface area contributed by atoms with Crippen molar-refractivity contribution in [3.63, 3.8) is 0 Å². The maximum Gasteiger partial charge on any atom is 0.181 e. The highest BCUT2D eigenvalue weighted by Gasteiger charge is 2.13. The van der Waals surface area contributed by atoms with Crippen molar-refractivity contribution in [3.8, 4) is 17.6 Å². The second-order valence-electron chi connectivity index (χ2n) is 4.43. The third-order valence-corrected chi connectivity index (χ3v) is 3.91. The molecule has 3 rings (SSSR count). The zero-order valence-corrected chi connectivity index (χ0v) is 12.4. The summed E-state index contributed by atoms with van der Waals surface area (Å²) in [5.41, 5.74) is 0.234. The molecule has 0 radical (unpaired) electrons. The lowest BCUT2D eigenvalue weighted by molar-refractivity contribution is 0.444. The van der Waals surface area contributed by atoms with Crippen molar-refractivity contribution < 1.29 is 9.13 Å². The summed E-state index contributed by atoms with van der Waals surface area (Å²) in [6.45, 7) is 0. The van der Waals surface area contributed by atoms with E-state index >= 15 is 0 Å². The molecule has 0 heterocycles. The van der Waals surface area contributed by atoms with Gasteiger partial charge in [0.2, 0.25) is 0 Å². The molecule has 2 nitrogen and oxygen atoms in total. The lowest BCUT2D eigenvalue weighted by Crippen LogP contribution is -1.92. The van der Waals surface area contributed by atoms with Crippen LogP contribution in [0.25, 0.3) is 10.8 Å². The first-order valence-corrected chi connectivity index (χ1v) is 7.03. The Kier molecular flexibility index (Phi) is 3.59. The van der Waals surface area contributed by atoms with Crippen LogP contribution in [-0.4, -0.2) is 0 Å². The van der Waals surface area contributed by atoms with Crippen LogP contribution >= 0.6 is 15.9 Å². The Hall–Kier alpha value is -2.38. The summed E-state index contributed by atoms with van der Waals surface area (Å²) >= 11 is 3.08. The molecule has 0 aliphatic rings. The highest BCUT2D eigenvalue weighted by Crippen LogP contribution is 2.34. The van der Waals surface area contributed by atoms with E-state index in [1.165, 1.54) is 12.1 Å². The summed E-state index contributed by atoms with van der Waals surface area (Å²) in [5, 5.41) is 10.8. The highest BCUT2D eigenvalue weighted by atomic mass is 79.9. The third kappa shape index (κ3) is 2.48. The molecule has 102 valence electrons. The van der Waals surface area contributed by atoms with Crippen LogP contribution in [0.15, 0.2) is 59.1 Å². The molecule has 3 aromatic carbocycles. The maximum absolute atomic E-state index is 14.2. The molecule has 0 aromatic heterocycles. The summed E-state index contributed by atoms with van der Waals surface area (Å²) in [7, 11) is 0. The Morgan fingerprint density at radius 1 is 0.952 bits per heavy atom. The van der Waals surface area contributed by atoms with E-state index in [0.717, 1.165) is 10.8 Å².